The molecule has 3 nitrogen and oxygen atoms in total. The molecular weight excluding hydrogens is 260 g/mol. The normalized spacial score (nSPS) is 38.0. The Labute approximate surface area is 130 Å². The summed E-state index contributed by atoms with van der Waals surface area (Å²) in [5.74, 6) is 1.64. The van der Waals surface area contributed by atoms with Crippen molar-refractivity contribution in [3.8, 4) is 0 Å². The Bertz CT molecular complexity index is 331. The molecule has 1 heterocycles. The summed E-state index contributed by atoms with van der Waals surface area (Å²) in [7, 11) is 0. The molecule has 0 aromatic heterocycles. The Morgan fingerprint density at radius 1 is 1.24 bits per heavy atom. The minimum atomic E-state index is 0.365. The number of aliphatic hydroxyl groups is 1. The maximum atomic E-state index is 9.14. The van der Waals surface area contributed by atoms with Crippen molar-refractivity contribution in [1.29, 1.82) is 0 Å². The summed E-state index contributed by atoms with van der Waals surface area (Å²) in [5.41, 5.74) is 0.522. The van der Waals surface area contributed by atoms with Crippen LogP contribution in [0.2, 0.25) is 0 Å². The van der Waals surface area contributed by atoms with Gasteiger partial charge in [0.25, 0.3) is 0 Å². The highest BCUT2D eigenvalue weighted by Gasteiger charge is 2.39. The molecule has 3 aliphatic rings. The molecule has 3 atom stereocenters. The number of aliphatic hydroxyl groups excluding tert-OH is 1. The molecule has 0 bridgehead atoms. The second-order valence-corrected chi connectivity index (χ2v) is 8.26. The number of nitrogens with one attached hydrogen (secondary N) is 1. The van der Waals surface area contributed by atoms with Crippen LogP contribution in [0.15, 0.2) is 0 Å². The first-order valence-corrected chi connectivity index (χ1v) is 9.26. The molecule has 3 heteroatoms. The second-order valence-electron chi connectivity index (χ2n) is 8.26. The molecule has 3 fully saturated rings. The molecule has 0 spiro atoms. The fourth-order valence-corrected chi connectivity index (χ4v) is 4.73. The fourth-order valence-electron chi connectivity index (χ4n) is 4.73. The van der Waals surface area contributed by atoms with Crippen LogP contribution < -0.4 is 5.32 Å². The van der Waals surface area contributed by atoms with Gasteiger partial charge in [0.15, 0.2) is 0 Å². The predicted molar refractivity (Wildman–Crippen MR) is 87.3 cm³/mol. The van der Waals surface area contributed by atoms with Gasteiger partial charge < -0.3 is 15.3 Å². The third-order valence-corrected chi connectivity index (χ3v) is 5.99. The summed E-state index contributed by atoms with van der Waals surface area (Å²) >= 11 is 0. The van der Waals surface area contributed by atoms with Crippen molar-refractivity contribution in [2.45, 2.75) is 64.3 Å². The van der Waals surface area contributed by atoms with Gasteiger partial charge in [-0.15, -0.1) is 0 Å². The lowest BCUT2D eigenvalue weighted by Gasteiger charge is -2.43. The lowest BCUT2D eigenvalue weighted by molar-refractivity contribution is 0.0883. The molecule has 0 amide bonds. The molecule has 0 radical (unpaired) electrons. The average molecular weight is 294 g/mol. The van der Waals surface area contributed by atoms with Crippen molar-refractivity contribution < 1.29 is 5.11 Å². The molecule has 1 aliphatic heterocycles. The van der Waals surface area contributed by atoms with Gasteiger partial charge in [0, 0.05) is 32.3 Å². The van der Waals surface area contributed by atoms with Crippen LogP contribution in [-0.2, 0) is 0 Å². The Morgan fingerprint density at radius 3 is 2.81 bits per heavy atom. The zero-order valence-corrected chi connectivity index (χ0v) is 13.8. The van der Waals surface area contributed by atoms with Crippen LogP contribution in [0.5, 0.6) is 0 Å². The van der Waals surface area contributed by atoms with E-state index in [1.54, 1.807) is 0 Å². The van der Waals surface area contributed by atoms with E-state index in [1.165, 1.54) is 71.1 Å². The van der Waals surface area contributed by atoms with E-state index in [9.17, 15) is 0 Å². The van der Waals surface area contributed by atoms with E-state index in [4.69, 9.17) is 5.11 Å². The third-order valence-electron chi connectivity index (χ3n) is 5.99. The van der Waals surface area contributed by atoms with Crippen molar-refractivity contribution in [1.82, 2.24) is 10.2 Å². The number of likely N-dealkylation sites (tertiary alicyclic amines) is 1. The molecule has 1 saturated heterocycles. The molecule has 2 aliphatic carbocycles. The van der Waals surface area contributed by atoms with Crippen molar-refractivity contribution in [2.24, 2.45) is 17.3 Å². The van der Waals surface area contributed by atoms with Crippen LogP contribution in [-0.4, -0.2) is 48.8 Å². The maximum absolute atomic E-state index is 9.14. The van der Waals surface area contributed by atoms with E-state index in [2.05, 4.69) is 17.1 Å². The molecule has 3 unspecified atom stereocenters. The highest BCUT2D eigenvalue weighted by atomic mass is 16.3. The summed E-state index contributed by atoms with van der Waals surface area (Å²) in [4.78, 5) is 2.70. The lowest BCUT2D eigenvalue weighted by Crippen LogP contribution is -2.46. The highest BCUT2D eigenvalue weighted by molar-refractivity contribution is 4.94. The smallest absolute Gasteiger partial charge is 0.0434 e. The van der Waals surface area contributed by atoms with E-state index in [-0.39, 0.29) is 0 Å². The van der Waals surface area contributed by atoms with E-state index in [0.717, 1.165) is 24.3 Å². The molecular formula is C18H34N2O. The van der Waals surface area contributed by atoms with E-state index >= 15 is 0 Å². The number of nitrogens with zero attached hydrogens (tertiary/aromatic N) is 1. The van der Waals surface area contributed by atoms with Crippen LogP contribution in [0, 0.1) is 17.3 Å². The number of rotatable bonds is 7. The standard InChI is InChI=1S/C18H34N2O/c1-15-3-2-8-18(11-15,13-19-17-4-5-17)14-20-9-6-16(12-20)7-10-21/h15-17,19,21H,2-14H2,1H3. The minimum Gasteiger partial charge on any atom is -0.396 e. The molecule has 21 heavy (non-hydrogen) atoms. The first kappa shape index (κ1) is 15.8. The van der Waals surface area contributed by atoms with Gasteiger partial charge in [0.05, 0.1) is 0 Å². The van der Waals surface area contributed by atoms with Gasteiger partial charge >= 0.3 is 0 Å². The lowest BCUT2D eigenvalue weighted by atomic mass is 9.69. The Hall–Kier alpha value is -0.120. The monoisotopic (exact) mass is 294 g/mol. The van der Waals surface area contributed by atoms with Crippen molar-refractivity contribution >= 4 is 0 Å². The number of hydrogen-bond acceptors (Lipinski definition) is 3. The average Bonchev–Trinajstić information content (AvgIpc) is 3.19. The Balaban J connectivity index is 1.56. The maximum Gasteiger partial charge on any atom is 0.0434 e. The quantitative estimate of drug-likeness (QED) is 0.758. The first-order chi connectivity index (χ1) is 10.2. The summed E-state index contributed by atoms with van der Waals surface area (Å²) in [6.45, 7) is 7.82. The molecule has 3 rings (SSSR count). The molecule has 2 saturated carbocycles. The van der Waals surface area contributed by atoms with E-state index in [0.29, 0.717) is 12.0 Å². The van der Waals surface area contributed by atoms with E-state index in [1.807, 2.05) is 0 Å². The van der Waals surface area contributed by atoms with Gasteiger partial charge in [0.1, 0.15) is 0 Å². The van der Waals surface area contributed by atoms with Gasteiger partial charge in [-0.1, -0.05) is 19.8 Å². The zero-order chi connectivity index (χ0) is 14.7. The van der Waals surface area contributed by atoms with Gasteiger partial charge in [-0.2, -0.15) is 0 Å². The van der Waals surface area contributed by atoms with E-state index < -0.39 is 0 Å². The summed E-state index contributed by atoms with van der Waals surface area (Å²) in [6.07, 6.45) is 10.8. The van der Waals surface area contributed by atoms with Crippen molar-refractivity contribution in [3.63, 3.8) is 0 Å². The molecule has 0 aromatic rings. The van der Waals surface area contributed by atoms with Crippen molar-refractivity contribution in [3.05, 3.63) is 0 Å². The van der Waals surface area contributed by atoms with Crippen LogP contribution >= 0.6 is 0 Å². The summed E-state index contributed by atoms with van der Waals surface area (Å²) in [5, 5.41) is 13.0. The highest BCUT2D eigenvalue weighted by Crippen LogP contribution is 2.41. The predicted octanol–water partition coefficient (Wildman–Crippen LogP) is 2.64. The largest absolute Gasteiger partial charge is 0.396 e. The zero-order valence-electron chi connectivity index (χ0n) is 13.8. The summed E-state index contributed by atoms with van der Waals surface area (Å²) < 4.78 is 0. The first-order valence-electron chi connectivity index (χ1n) is 9.26. The SMILES string of the molecule is CC1CCCC(CNC2CC2)(CN2CCC(CCO)C2)C1. The second kappa shape index (κ2) is 6.97. The van der Waals surface area contributed by atoms with Gasteiger partial charge in [0.2, 0.25) is 0 Å². The molecule has 2 N–H and O–H groups in total. The van der Waals surface area contributed by atoms with Crippen LogP contribution in [0.4, 0.5) is 0 Å². The Kier molecular flexibility index (Phi) is 5.23. The van der Waals surface area contributed by atoms with Gasteiger partial charge in [-0.25, -0.2) is 0 Å². The van der Waals surface area contributed by atoms with Gasteiger partial charge in [-0.3, -0.25) is 0 Å². The van der Waals surface area contributed by atoms with Crippen molar-refractivity contribution in [2.75, 3.05) is 32.8 Å². The Morgan fingerprint density at radius 2 is 2.10 bits per heavy atom. The van der Waals surface area contributed by atoms with Crippen LogP contribution in [0.25, 0.3) is 0 Å². The van der Waals surface area contributed by atoms with Crippen LogP contribution in [0.3, 0.4) is 0 Å². The minimum absolute atomic E-state index is 0.365. The van der Waals surface area contributed by atoms with Crippen LogP contribution in [0.1, 0.15) is 58.3 Å². The molecule has 0 aromatic carbocycles. The number of hydrogen-bond donors (Lipinski definition) is 2. The third kappa shape index (κ3) is 4.43. The summed E-state index contributed by atoms with van der Waals surface area (Å²) in [6, 6.07) is 0.833. The topological polar surface area (TPSA) is 35.5 Å². The van der Waals surface area contributed by atoms with Gasteiger partial charge in [-0.05, 0) is 62.3 Å². The molecule has 122 valence electrons. The fraction of sp³-hybridized carbons (Fsp3) is 1.00.